The van der Waals surface area contributed by atoms with Crippen LogP contribution in [0.1, 0.15) is 12.8 Å². The maximum Gasteiger partial charge on any atom is 0.490 e. The molecule has 0 aromatic carbocycles. The molecule has 2 heterocycles. The zero-order valence-corrected chi connectivity index (χ0v) is 10.7. The summed E-state index contributed by atoms with van der Waals surface area (Å²) in [5.41, 5.74) is 7.10. The number of carboxylic acids is 1. The molecule has 2 rings (SSSR count). The number of nitrogens with zero attached hydrogens (tertiary/aromatic N) is 2. The van der Waals surface area contributed by atoms with E-state index < -0.39 is 12.1 Å². The van der Waals surface area contributed by atoms with Gasteiger partial charge < -0.3 is 15.7 Å². The Morgan fingerprint density at radius 2 is 1.75 bits per heavy atom. The number of hydrogen-bond acceptors (Lipinski definition) is 4. The number of carbonyl (C=O) groups is 1. The predicted molar refractivity (Wildman–Crippen MR) is 67.4 cm³/mol. The first-order chi connectivity index (χ1) is 9.30. The number of alkyl halides is 3. The molecule has 1 fully saturated rings. The first kappa shape index (κ1) is 16.2. The lowest BCUT2D eigenvalue weighted by atomic mass is 10.1. The van der Waals surface area contributed by atoms with E-state index >= 15 is 0 Å². The Morgan fingerprint density at radius 3 is 2.15 bits per heavy atom. The maximum atomic E-state index is 10.6. The van der Waals surface area contributed by atoms with Crippen LogP contribution >= 0.6 is 0 Å². The number of halogens is 3. The van der Waals surface area contributed by atoms with Gasteiger partial charge in [-0.1, -0.05) is 0 Å². The topological polar surface area (TPSA) is 79.5 Å². The van der Waals surface area contributed by atoms with E-state index in [1.807, 2.05) is 12.4 Å². The number of piperidine rings is 1. The van der Waals surface area contributed by atoms with Crippen molar-refractivity contribution >= 4 is 11.7 Å². The van der Waals surface area contributed by atoms with Crippen LogP contribution in [0.3, 0.4) is 0 Å². The molecule has 0 aliphatic carbocycles. The molecule has 1 aromatic heterocycles. The van der Waals surface area contributed by atoms with Crippen LogP contribution in [0.4, 0.5) is 18.9 Å². The molecule has 1 aliphatic heterocycles. The first-order valence-electron chi connectivity index (χ1n) is 6.01. The highest BCUT2D eigenvalue weighted by molar-refractivity contribution is 5.73. The average Bonchev–Trinajstić information content (AvgIpc) is 2.40. The van der Waals surface area contributed by atoms with Crippen LogP contribution in [-0.4, -0.2) is 41.4 Å². The molecule has 1 aliphatic rings. The Morgan fingerprint density at radius 1 is 1.30 bits per heavy atom. The quantitative estimate of drug-likeness (QED) is 0.822. The molecular formula is C12H16F3N3O2. The first-order valence-corrected chi connectivity index (χ1v) is 6.01. The standard InChI is InChI=1S/C10H15N3.C2HF3O2/c11-9-3-7-13(8-4-9)10-1-5-12-6-2-10;3-2(4,5)1(6)7/h1-2,5-6,9H,3-4,7-8,11H2;(H,6,7). The van der Waals surface area contributed by atoms with Crippen molar-refractivity contribution in [3.8, 4) is 0 Å². The van der Waals surface area contributed by atoms with Gasteiger partial charge >= 0.3 is 12.1 Å². The van der Waals surface area contributed by atoms with Gasteiger partial charge in [0.25, 0.3) is 0 Å². The fraction of sp³-hybridized carbons (Fsp3) is 0.500. The minimum atomic E-state index is -5.08. The minimum Gasteiger partial charge on any atom is -0.475 e. The third-order valence-electron chi connectivity index (χ3n) is 2.81. The second-order valence-electron chi connectivity index (χ2n) is 4.33. The van der Waals surface area contributed by atoms with Gasteiger partial charge in [0.05, 0.1) is 0 Å². The van der Waals surface area contributed by atoms with Gasteiger partial charge in [0.2, 0.25) is 0 Å². The number of aliphatic carboxylic acids is 1. The van der Waals surface area contributed by atoms with Crippen molar-refractivity contribution in [3.05, 3.63) is 24.5 Å². The highest BCUT2D eigenvalue weighted by Crippen LogP contribution is 2.17. The Hall–Kier alpha value is -1.83. The fourth-order valence-electron chi connectivity index (χ4n) is 1.71. The van der Waals surface area contributed by atoms with Crippen molar-refractivity contribution in [1.82, 2.24) is 4.98 Å². The van der Waals surface area contributed by atoms with Crippen molar-refractivity contribution in [2.24, 2.45) is 5.73 Å². The van der Waals surface area contributed by atoms with Crippen LogP contribution < -0.4 is 10.6 Å². The molecule has 1 aromatic rings. The van der Waals surface area contributed by atoms with E-state index in [4.69, 9.17) is 15.6 Å². The van der Waals surface area contributed by atoms with Crippen molar-refractivity contribution < 1.29 is 23.1 Å². The zero-order chi connectivity index (χ0) is 15.2. The van der Waals surface area contributed by atoms with E-state index in [-0.39, 0.29) is 0 Å². The lowest BCUT2D eigenvalue weighted by molar-refractivity contribution is -0.192. The van der Waals surface area contributed by atoms with Gasteiger partial charge in [-0.25, -0.2) is 4.79 Å². The van der Waals surface area contributed by atoms with Gasteiger partial charge in [0, 0.05) is 37.2 Å². The highest BCUT2D eigenvalue weighted by Gasteiger charge is 2.38. The third kappa shape index (κ3) is 5.43. The number of aromatic nitrogens is 1. The van der Waals surface area contributed by atoms with Gasteiger partial charge in [-0.05, 0) is 25.0 Å². The Labute approximate surface area is 114 Å². The van der Waals surface area contributed by atoms with E-state index in [0.29, 0.717) is 6.04 Å². The van der Waals surface area contributed by atoms with Gasteiger partial charge in [-0.15, -0.1) is 0 Å². The van der Waals surface area contributed by atoms with Crippen molar-refractivity contribution in [1.29, 1.82) is 0 Å². The van der Waals surface area contributed by atoms with E-state index in [0.717, 1.165) is 25.9 Å². The van der Waals surface area contributed by atoms with E-state index in [1.54, 1.807) is 0 Å². The van der Waals surface area contributed by atoms with Crippen LogP contribution in [0.2, 0.25) is 0 Å². The fourth-order valence-corrected chi connectivity index (χ4v) is 1.71. The Kier molecular flexibility index (Phi) is 5.75. The predicted octanol–water partition coefficient (Wildman–Crippen LogP) is 1.64. The number of nitrogens with two attached hydrogens (primary N) is 1. The summed E-state index contributed by atoms with van der Waals surface area (Å²) in [5, 5.41) is 7.12. The molecule has 0 spiro atoms. The third-order valence-corrected chi connectivity index (χ3v) is 2.81. The molecule has 1 saturated heterocycles. The van der Waals surface area contributed by atoms with Gasteiger partial charge in [-0.3, -0.25) is 4.98 Å². The molecule has 112 valence electrons. The number of hydrogen-bond donors (Lipinski definition) is 2. The largest absolute Gasteiger partial charge is 0.490 e. The lowest BCUT2D eigenvalue weighted by Gasteiger charge is -2.31. The molecule has 0 radical (unpaired) electrons. The molecule has 3 N–H and O–H groups in total. The van der Waals surface area contributed by atoms with Crippen molar-refractivity contribution in [2.45, 2.75) is 25.1 Å². The molecule has 8 heteroatoms. The summed E-state index contributed by atoms with van der Waals surface area (Å²) in [5.74, 6) is -2.76. The molecule has 0 bridgehead atoms. The molecular weight excluding hydrogens is 275 g/mol. The highest BCUT2D eigenvalue weighted by atomic mass is 19.4. The Balaban J connectivity index is 0.000000246. The van der Waals surface area contributed by atoms with Gasteiger partial charge in [0.1, 0.15) is 0 Å². The van der Waals surface area contributed by atoms with Crippen LogP contribution in [-0.2, 0) is 4.79 Å². The summed E-state index contributed by atoms with van der Waals surface area (Å²) < 4.78 is 31.7. The summed E-state index contributed by atoms with van der Waals surface area (Å²) in [7, 11) is 0. The molecule has 20 heavy (non-hydrogen) atoms. The molecule has 5 nitrogen and oxygen atoms in total. The normalized spacial score (nSPS) is 16.3. The van der Waals surface area contributed by atoms with Crippen LogP contribution in [0.25, 0.3) is 0 Å². The summed E-state index contributed by atoms with van der Waals surface area (Å²) in [6.07, 6.45) is 0.790. The number of carboxylic acid groups (broad SMARTS) is 1. The Bertz CT molecular complexity index is 418. The summed E-state index contributed by atoms with van der Waals surface area (Å²) >= 11 is 0. The summed E-state index contributed by atoms with van der Waals surface area (Å²) in [6, 6.07) is 4.51. The van der Waals surface area contributed by atoms with E-state index in [2.05, 4.69) is 22.0 Å². The van der Waals surface area contributed by atoms with Crippen LogP contribution in [0.5, 0.6) is 0 Å². The van der Waals surface area contributed by atoms with Gasteiger partial charge in [-0.2, -0.15) is 13.2 Å². The zero-order valence-electron chi connectivity index (χ0n) is 10.7. The average molecular weight is 291 g/mol. The van der Waals surface area contributed by atoms with Crippen LogP contribution in [0.15, 0.2) is 24.5 Å². The SMILES string of the molecule is NC1CCN(c2ccncc2)CC1.O=C(O)C(F)(F)F. The van der Waals surface area contributed by atoms with Crippen LogP contribution in [0, 0.1) is 0 Å². The number of pyridine rings is 1. The number of anilines is 1. The second kappa shape index (κ2) is 7.09. The number of rotatable bonds is 1. The van der Waals surface area contributed by atoms with Gasteiger partial charge in [0.15, 0.2) is 0 Å². The minimum absolute atomic E-state index is 0.401. The van der Waals surface area contributed by atoms with Crippen molar-refractivity contribution in [2.75, 3.05) is 18.0 Å². The lowest BCUT2D eigenvalue weighted by Crippen LogP contribution is -2.39. The second-order valence-corrected chi connectivity index (χ2v) is 4.33. The van der Waals surface area contributed by atoms with E-state index in [1.165, 1.54) is 5.69 Å². The molecule has 0 saturated carbocycles. The summed E-state index contributed by atoms with van der Waals surface area (Å²) in [6.45, 7) is 2.15. The van der Waals surface area contributed by atoms with Crippen molar-refractivity contribution in [3.63, 3.8) is 0 Å². The smallest absolute Gasteiger partial charge is 0.475 e. The van der Waals surface area contributed by atoms with E-state index in [9.17, 15) is 13.2 Å². The molecule has 0 amide bonds. The molecule has 0 atom stereocenters. The summed E-state index contributed by atoms with van der Waals surface area (Å²) in [4.78, 5) is 15.3. The maximum absolute atomic E-state index is 10.6. The monoisotopic (exact) mass is 291 g/mol. The molecule has 0 unspecified atom stereocenters.